The molecule has 0 aliphatic heterocycles. The molecule has 0 amide bonds. The quantitative estimate of drug-likeness (QED) is 0.767. The third kappa shape index (κ3) is 4.82. The summed E-state index contributed by atoms with van der Waals surface area (Å²) >= 11 is 1.27. The van der Waals surface area contributed by atoms with E-state index >= 15 is 0 Å². The molecule has 1 rings (SSSR count). The second kappa shape index (κ2) is 6.47. The van der Waals surface area contributed by atoms with Crippen molar-refractivity contribution in [2.75, 3.05) is 0 Å². The Hall–Kier alpha value is -1.69. The predicted molar refractivity (Wildman–Crippen MR) is 71.8 cm³/mol. The number of carboxylic acid groups (broad SMARTS) is 1. The van der Waals surface area contributed by atoms with Crippen molar-refractivity contribution in [1.82, 2.24) is 4.72 Å². The third-order valence-electron chi connectivity index (χ3n) is 2.17. The van der Waals surface area contributed by atoms with E-state index in [0.717, 1.165) is 11.0 Å². The summed E-state index contributed by atoms with van der Waals surface area (Å²) in [6.45, 7) is 1.39. The number of thiophene rings is 1. The molecule has 0 aliphatic carbocycles. The number of nitrogens with one attached hydrogen (secondary N) is 1. The summed E-state index contributed by atoms with van der Waals surface area (Å²) < 4.78 is 25.4. The van der Waals surface area contributed by atoms with Gasteiger partial charge in [0.05, 0.1) is 6.07 Å². The van der Waals surface area contributed by atoms with E-state index in [-0.39, 0.29) is 6.54 Å². The van der Waals surface area contributed by atoms with Gasteiger partial charge in [-0.1, -0.05) is 0 Å². The fourth-order valence-corrected chi connectivity index (χ4v) is 2.79. The molecule has 102 valence electrons. The highest BCUT2D eigenvalue weighted by Gasteiger charge is 2.19. The van der Waals surface area contributed by atoms with Crippen LogP contribution in [0, 0.1) is 11.3 Å². The van der Waals surface area contributed by atoms with Crippen LogP contribution in [0.2, 0.25) is 0 Å². The highest BCUT2D eigenvalue weighted by molar-refractivity contribution is 7.90. The Labute approximate surface area is 115 Å². The fraction of sp³-hybridized carbons (Fsp3) is 0.273. The molecule has 0 radical (unpaired) electrons. The Bertz CT molecular complexity index is 625. The van der Waals surface area contributed by atoms with Gasteiger partial charge in [-0.2, -0.15) is 5.26 Å². The first kappa shape index (κ1) is 15.4. The van der Waals surface area contributed by atoms with Crippen LogP contribution in [-0.2, 0) is 21.4 Å². The molecule has 1 atom stereocenters. The lowest BCUT2D eigenvalue weighted by Gasteiger charge is -2.06. The summed E-state index contributed by atoms with van der Waals surface area (Å²) in [6.07, 6.45) is 2.44. The monoisotopic (exact) mass is 300 g/mol. The second-order valence-electron chi connectivity index (χ2n) is 3.61. The number of rotatable bonds is 6. The highest BCUT2D eigenvalue weighted by Crippen LogP contribution is 2.18. The molecule has 0 bridgehead atoms. The van der Waals surface area contributed by atoms with Gasteiger partial charge in [0, 0.05) is 22.4 Å². The Morgan fingerprint density at radius 2 is 2.32 bits per heavy atom. The van der Waals surface area contributed by atoms with Crippen LogP contribution in [0.4, 0.5) is 0 Å². The van der Waals surface area contributed by atoms with Gasteiger partial charge in [-0.25, -0.2) is 17.9 Å². The smallest absolute Gasteiger partial charge is 0.328 e. The molecule has 8 heteroatoms. The van der Waals surface area contributed by atoms with Gasteiger partial charge in [0.15, 0.2) is 5.25 Å². The average molecular weight is 300 g/mol. The van der Waals surface area contributed by atoms with Crippen LogP contribution in [0.5, 0.6) is 0 Å². The van der Waals surface area contributed by atoms with Gasteiger partial charge in [-0.05, 0) is 25.1 Å². The van der Waals surface area contributed by atoms with Crippen molar-refractivity contribution in [1.29, 1.82) is 5.26 Å². The summed E-state index contributed by atoms with van der Waals surface area (Å²) in [5.74, 6) is -1.04. The highest BCUT2D eigenvalue weighted by atomic mass is 32.2. The number of hydrogen-bond acceptors (Lipinski definition) is 5. The van der Waals surface area contributed by atoms with Gasteiger partial charge >= 0.3 is 5.97 Å². The summed E-state index contributed by atoms with van der Waals surface area (Å²) in [6, 6.07) is 5.05. The van der Waals surface area contributed by atoms with Gasteiger partial charge in [-0.3, -0.25) is 0 Å². The minimum absolute atomic E-state index is 0.0833. The first-order chi connectivity index (χ1) is 8.85. The molecule has 6 nitrogen and oxygen atoms in total. The molecule has 0 saturated carbocycles. The standard InChI is InChI=1S/C11H12N2O4S2/c1-8(6-12)19(16,17)13-7-10-3-2-9(18-10)4-5-11(14)15/h2-5,8,13H,7H2,1H3,(H,14,15). The van der Waals surface area contributed by atoms with Gasteiger partial charge in [0.25, 0.3) is 0 Å². The molecule has 1 unspecified atom stereocenters. The van der Waals surface area contributed by atoms with E-state index in [1.165, 1.54) is 24.3 Å². The summed E-state index contributed by atoms with van der Waals surface area (Å²) in [7, 11) is -3.64. The molecule has 0 saturated heterocycles. The number of carbonyl (C=O) groups is 1. The van der Waals surface area contributed by atoms with E-state index in [0.29, 0.717) is 4.88 Å². The Balaban J connectivity index is 2.66. The van der Waals surface area contributed by atoms with Crippen LogP contribution in [0.3, 0.4) is 0 Å². The Kier molecular flexibility index (Phi) is 5.23. The normalized spacial score (nSPS) is 13.3. The van der Waals surface area contributed by atoms with Crippen molar-refractivity contribution in [3.05, 3.63) is 28.0 Å². The third-order valence-corrected chi connectivity index (χ3v) is 4.80. The lowest BCUT2D eigenvalue weighted by atomic mass is 10.4. The lowest BCUT2D eigenvalue weighted by molar-refractivity contribution is -0.131. The van der Waals surface area contributed by atoms with Gasteiger partial charge in [-0.15, -0.1) is 11.3 Å². The first-order valence-electron chi connectivity index (χ1n) is 5.23. The number of aliphatic carboxylic acids is 1. The van der Waals surface area contributed by atoms with Crippen LogP contribution in [-0.4, -0.2) is 24.7 Å². The zero-order valence-corrected chi connectivity index (χ0v) is 11.7. The van der Waals surface area contributed by atoms with Crippen LogP contribution < -0.4 is 4.72 Å². The average Bonchev–Trinajstić information content (AvgIpc) is 2.81. The Morgan fingerprint density at radius 3 is 2.89 bits per heavy atom. The van der Waals surface area contributed by atoms with E-state index in [4.69, 9.17) is 10.4 Å². The summed E-state index contributed by atoms with van der Waals surface area (Å²) in [4.78, 5) is 11.8. The van der Waals surface area contributed by atoms with Gasteiger partial charge < -0.3 is 5.11 Å². The molecule has 19 heavy (non-hydrogen) atoms. The zero-order valence-electron chi connectivity index (χ0n) is 10.0. The minimum Gasteiger partial charge on any atom is -0.478 e. The topological polar surface area (TPSA) is 107 Å². The fourth-order valence-electron chi connectivity index (χ4n) is 1.10. The maximum Gasteiger partial charge on any atom is 0.328 e. The van der Waals surface area contributed by atoms with E-state index in [1.807, 2.05) is 0 Å². The molecule has 1 aromatic rings. The minimum atomic E-state index is -3.64. The molecule has 0 aromatic carbocycles. The van der Waals surface area contributed by atoms with Crippen molar-refractivity contribution in [3.8, 4) is 6.07 Å². The Morgan fingerprint density at radius 1 is 1.63 bits per heavy atom. The number of carboxylic acids is 1. The van der Waals surface area contributed by atoms with Crippen molar-refractivity contribution in [2.45, 2.75) is 18.7 Å². The predicted octanol–water partition coefficient (Wildman–Crippen LogP) is 1.18. The van der Waals surface area contributed by atoms with Crippen LogP contribution in [0.25, 0.3) is 6.08 Å². The second-order valence-corrected chi connectivity index (χ2v) is 6.90. The lowest BCUT2D eigenvalue weighted by Crippen LogP contribution is -2.30. The van der Waals surface area contributed by atoms with E-state index in [1.54, 1.807) is 18.2 Å². The SMILES string of the molecule is CC(C#N)S(=O)(=O)NCc1ccc(C=CC(=O)O)s1. The first-order valence-corrected chi connectivity index (χ1v) is 7.59. The largest absolute Gasteiger partial charge is 0.478 e. The van der Waals surface area contributed by atoms with Crippen molar-refractivity contribution >= 4 is 33.4 Å². The summed E-state index contributed by atoms with van der Waals surface area (Å²) in [5, 5.41) is 15.9. The van der Waals surface area contributed by atoms with E-state index in [9.17, 15) is 13.2 Å². The number of nitriles is 1. The number of sulfonamides is 1. The van der Waals surface area contributed by atoms with Gasteiger partial charge in [0.2, 0.25) is 10.0 Å². The van der Waals surface area contributed by atoms with E-state index < -0.39 is 21.2 Å². The molecule has 2 N–H and O–H groups in total. The molecular formula is C11H12N2O4S2. The molecule has 1 aromatic heterocycles. The van der Waals surface area contributed by atoms with Crippen molar-refractivity contribution < 1.29 is 18.3 Å². The van der Waals surface area contributed by atoms with Crippen LogP contribution in [0.1, 0.15) is 16.7 Å². The molecule has 0 spiro atoms. The summed E-state index contributed by atoms with van der Waals surface area (Å²) in [5.41, 5.74) is 0. The number of nitrogens with zero attached hydrogens (tertiary/aromatic N) is 1. The van der Waals surface area contributed by atoms with Gasteiger partial charge in [0.1, 0.15) is 0 Å². The molecule has 1 heterocycles. The molecular weight excluding hydrogens is 288 g/mol. The molecule has 0 aliphatic rings. The van der Waals surface area contributed by atoms with Crippen molar-refractivity contribution in [2.24, 2.45) is 0 Å². The van der Waals surface area contributed by atoms with Crippen LogP contribution >= 0.6 is 11.3 Å². The van der Waals surface area contributed by atoms with Crippen LogP contribution in [0.15, 0.2) is 18.2 Å². The molecule has 0 fully saturated rings. The number of hydrogen-bond donors (Lipinski definition) is 2. The maximum absolute atomic E-state index is 11.5. The van der Waals surface area contributed by atoms with Crippen molar-refractivity contribution in [3.63, 3.8) is 0 Å². The zero-order chi connectivity index (χ0) is 14.5. The van der Waals surface area contributed by atoms with E-state index in [2.05, 4.69) is 4.72 Å². The maximum atomic E-state index is 11.5.